The maximum absolute atomic E-state index is 12.1. The number of anilines is 2. The number of hydrogen-bond donors (Lipinski definition) is 2. The van der Waals surface area contributed by atoms with E-state index in [4.69, 9.17) is 5.73 Å². The maximum Gasteiger partial charge on any atom is 0.254 e. The Morgan fingerprint density at radius 3 is 2.48 bits per heavy atom. The van der Waals surface area contributed by atoms with E-state index in [0.29, 0.717) is 17.5 Å². The van der Waals surface area contributed by atoms with Gasteiger partial charge < -0.3 is 16.0 Å². The average molecular weight is 471 g/mol. The van der Waals surface area contributed by atoms with Crippen molar-refractivity contribution in [1.82, 2.24) is 14.7 Å². The molecular formula is C23H30N6O3S. The maximum atomic E-state index is 12.1. The molecule has 1 aliphatic heterocycles. The minimum Gasteiger partial charge on any atom is -0.365 e. The Morgan fingerprint density at radius 1 is 1.18 bits per heavy atom. The summed E-state index contributed by atoms with van der Waals surface area (Å²) in [5.74, 6) is -0.523. The van der Waals surface area contributed by atoms with Crippen LogP contribution in [0.25, 0.3) is 0 Å². The van der Waals surface area contributed by atoms with Crippen LogP contribution in [0.15, 0.2) is 35.4 Å². The second-order valence-corrected chi connectivity index (χ2v) is 11.0. The highest BCUT2D eigenvalue weighted by Gasteiger charge is 2.36. The van der Waals surface area contributed by atoms with Crippen molar-refractivity contribution in [2.24, 2.45) is 11.7 Å². The number of rotatable bonds is 6. The van der Waals surface area contributed by atoms with Crippen molar-refractivity contribution in [1.29, 1.82) is 5.26 Å². The molecule has 0 bridgehead atoms. The van der Waals surface area contributed by atoms with Crippen LogP contribution in [-0.2, 0) is 9.84 Å². The molecule has 2 aliphatic rings. The smallest absolute Gasteiger partial charge is 0.254 e. The Hall–Kier alpha value is -2.90. The number of carbonyl (C=O) groups is 1. The van der Waals surface area contributed by atoms with Crippen molar-refractivity contribution in [2.45, 2.75) is 55.5 Å². The van der Waals surface area contributed by atoms with E-state index < -0.39 is 15.7 Å². The highest BCUT2D eigenvalue weighted by molar-refractivity contribution is 7.90. The summed E-state index contributed by atoms with van der Waals surface area (Å²) in [5, 5.41) is 17.5. The standard InChI is InChI=1S/C23H30N6O3S/c1-33(31,32)19-8-5-17(6-9-19)26-23-20(22(25)30)15-29(27-23)21-10-7-18(13-16(21)14-24)28-11-3-2-4-12-28/h5-6,8-9,15-16,18,21H,2-4,7,10-13H2,1H3,(H2,25,30)(H,26,27)/t16-,18-,21+/m1/s1. The van der Waals surface area contributed by atoms with Crippen LogP contribution in [0.5, 0.6) is 0 Å². The predicted octanol–water partition coefficient (Wildman–Crippen LogP) is 2.85. The third-order valence-electron chi connectivity index (χ3n) is 6.74. The molecule has 1 aromatic carbocycles. The minimum atomic E-state index is -3.30. The van der Waals surface area contributed by atoms with E-state index in [1.54, 1.807) is 23.0 Å². The van der Waals surface area contributed by atoms with E-state index >= 15 is 0 Å². The molecule has 0 radical (unpaired) electrons. The highest BCUT2D eigenvalue weighted by atomic mass is 32.2. The molecule has 4 rings (SSSR count). The van der Waals surface area contributed by atoms with Gasteiger partial charge in [-0.05, 0) is 69.5 Å². The van der Waals surface area contributed by atoms with Gasteiger partial charge in [-0.3, -0.25) is 9.48 Å². The molecule has 10 heteroatoms. The van der Waals surface area contributed by atoms with Gasteiger partial charge in [-0.1, -0.05) is 6.42 Å². The molecule has 9 nitrogen and oxygen atoms in total. The summed E-state index contributed by atoms with van der Waals surface area (Å²) in [7, 11) is -3.30. The second kappa shape index (κ2) is 9.53. The van der Waals surface area contributed by atoms with Crippen molar-refractivity contribution in [2.75, 3.05) is 24.7 Å². The van der Waals surface area contributed by atoms with Gasteiger partial charge in [0.25, 0.3) is 5.91 Å². The van der Waals surface area contributed by atoms with E-state index in [1.807, 2.05) is 0 Å². The molecule has 1 saturated heterocycles. The van der Waals surface area contributed by atoms with Crippen LogP contribution in [0.3, 0.4) is 0 Å². The first-order valence-corrected chi connectivity index (χ1v) is 13.2. The van der Waals surface area contributed by atoms with Gasteiger partial charge in [0.15, 0.2) is 15.7 Å². The lowest BCUT2D eigenvalue weighted by molar-refractivity contribution is 0.0960. The van der Waals surface area contributed by atoms with Crippen LogP contribution in [-0.4, -0.2) is 54.4 Å². The largest absolute Gasteiger partial charge is 0.365 e. The second-order valence-electron chi connectivity index (χ2n) is 9.02. The number of hydrogen-bond acceptors (Lipinski definition) is 7. The molecule has 1 aliphatic carbocycles. The lowest BCUT2D eigenvalue weighted by atomic mass is 9.81. The molecule has 0 spiro atoms. The van der Waals surface area contributed by atoms with Gasteiger partial charge in [0.2, 0.25) is 0 Å². The molecule has 33 heavy (non-hydrogen) atoms. The first kappa shape index (κ1) is 23.3. The number of aromatic nitrogens is 2. The number of sulfone groups is 1. The summed E-state index contributed by atoms with van der Waals surface area (Å²) < 4.78 is 25.1. The first-order valence-electron chi connectivity index (χ1n) is 11.4. The number of benzene rings is 1. The van der Waals surface area contributed by atoms with Gasteiger partial charge in [-0.2, -0.15) is 10.4 Å². The van der Waals surface area contributed by atoms with Crippen LogP contribution in [0.2, 0.25) is 0 Å². The van der Waals surface area contributed by atoms with Gasteiger partial charge in [0, 0.05) is 24.2 Å². The van der Waals surface area contributed by atoms with Crippen molar-refractivity contribution in [3.05, 3.63) is 36.0 Å². The Bertz CT molecular complexity index is 1150. The van der Waals surface area contributed by atoms with Crippen LogP contribution in [0.1, 0.15) is 54.9 Å². The van der Waals surface area contributed by atoms with Gasteiger partial charge in [-0.25, -0.2) is 8.42 Å². The van der Waals surface area contributed by atoms with Gasteiger partial charge in [0.1, 0.15) is 5.56 Å². The lowest BCUT2D eigenvalue weighted by Crippen LogP contribution is -2.44. The van der Waals surface area contributed by atoms with Crippen LogP contribution < -0.4 is 11.1 Å². The van der Waals surface area contributed by atoms with Crippen LogP contribution in [0, 0.1) is 17.2 Å². The van der Waals surface area contributed by atoms with E-state index in [1.165, 1.54) is 31.4 Å². The fourth-order valence-corrected chi connectivity index (χ4v) is 5.59. The molecule has 3 N–H and O–H groups in total. The molecule has 1 saturated carbocycles. The summed E-state index contributed by atoms with van der Waals surface area (Å²) in [4.78, 5) is 14.8. The first-order chi connectivity index (χ1) is 15.8. The van der Waals surface area contributed by atoms with E-state index in [-0.39, 0.29) is 22.4 Å². The number of nitrogens with one attached hydrogen (secondary N) is 1. The Morgan fingerprint density at radius 2 is 1.88 bits per heavy atom. The number of nitrogens with two attached hydrogens (primary N) is 1. The summed E-state index contributed by atoms with van der Waals surface area (Å²) in [6.45, 7) is 2.21. The van der Waals surface area contributed by atoms with Crippen molar-refractivity contribution >= 4 is 27.2 Å². The highest BCUT2D eigenvalue weighted by Crippen LogP contribution is 2.37. The fourth-order valence-electron chi connectivity index (χ4n) is 4.96. The molecule has 2 aromatic rings. The average Bonchev–Trinajstić information content (AvgIpc) is 3.23. The van der Waals surface area contributed by atoms with Crippen molar-refractivity contribution in [3.8, 4) is 6.07 Å². The molecule has 1 amide bonds. The Kier molecular flexibility index (Phi) is 6.72. The molecule has 3 atom stereocenters. The number of amides is 1. The quantitative estimate of drug-likeness (QED) is 0.663. The topological polar surface area (TPSA) is 134 Å². The summed E-state index contributed by atoms with van der Waals surface area (Å²) in [5.41, 5.74) is 6.41. The molecule has 176 valence electrons. The summed E-state index contributed by atoms with van der Waals surface area (Å²) in [6.07, 6.45) is 9.08. The van der Waals surface area contributed by atoms with Gasteiger partial charge >= 0.3 is 0 Å². The number of nitriles is 1. The minimum absolute atomic E-state index is 0.127. The third kappa shape index (κ3) is 5.20. The van der Waals surface area contributed by atoms with Gasteiger partial charge in [-0.15, -0.1) is 0 Å². The fraction of sp³-hybridized carbons (Fsp3) is 0.522. The predicted molar refractivity (Wildman–Crippen MR) is 125 cm³/mol. The number of nitrogens with zero attached hydrogens (tertiary/aromatic N) is 4. The zero-order valence-corrected chi connectivity index (χ0v) is 19.6. The van der Waals surface area contributed by atoms with Crippen molar-refractivity contribution < 1.29 is 13.2 Å². The third-order valence-corrected chi connectivity index (χ3v) is 7.87. The number of primary amides is 1. The van der Waals surface area contributed by atoms with Gasteiger partial charge in [0.05, 0.1) is 22.9 Å². The van der Waals surface area contributed by atoms with E-state index in [2.05, 4.69) is 21.4 Å². The molecule has 1 aromatic heterocycles. The zero-order valence-electron chi connectivity index (χ0n) is 18.8. The number of likely N-dealkylation sites (tertiary alicyclic amines) is 1. The molecule has 0 unspecified atom stereocenters. The molecule has 2 heterocycles. The molecular weight excluding hydrogens is 440 g/mol. The Balaban J connectivity index is 1.53. The van der Waals surface area contributed by atoms with Crippen LogP contribution in [0.4, 0.5) is 11.5 Å². The number of piperidine rings is 1. The summed E-state index contributed by atoms with van der Waals surface area (Å²) in [6, 6.07) is 8.97. The summed E-state index contributed by atoms with van der Waals surface area (Å²) >= 11 is 0. The Labute approximate surface area is 194 Å². The zero-order chi connectivity index (χ0) is 23.6. The van der Waals surface area contributed by atoms with Crippen LogP contribution >= 0.6 is 0 Å². The normalized spacial score (nSPS) is 24.2. The van der Waals surface area contributed by atoms with E-state index in [0.717, 1.165) is 38.6 Å². The SMILES string of the molecule is CS(=O)(=O)c1ccc(Nc2nn([C@H]3CC[C@@H](N4CCCCC4)C[C@@H]3C#N)cc2C(N)=O)cc1. The lowest BCUT2D eigenvalue weighted by Gasteiger charge is -2.40. The monoisotopic (exact) mass is 470 g/mol. The van der Waals surface area contributed by atoms with E-state index in [9.17, 15) is 18.5 Å². The van der Waals surface area contributed by atoms with Crippen molar-refractivity contribution in [3.63, 3.8) is 0 Å². The number of carbonyl (C=O) groups excluding carboxylic acids is 1. The molecule has 2 fully saturated rings.